The van der Waals surface area contributed by atoms with E-state index >= 15 is 0 Å². The van der Waals surface area contributed by atoms with E-state index in [-0.39, 0.29) is 4.90 Å². The Morgan fingerprint density at radius 2 is 1.74 bits per heavy atom. The van der Waals surface area contributed by atoms with Gasteiger partial charge in [-0.3, -0.25) is 4.98 Å². The second kappa shape index (κ2) is 8.56. The first-order valence-corrected chi connectivity index (χ1v) is 9.88. The lowest BCUT2D eigenvalue weighted by molar-refractivity contribution is 0.598. The van der Waals surface area contributed by atoms with Gasteiger partial charge in [-0.2, -0.15) is 4.98 Å². The number of hydrogen-bond acceptors (Lipinski definition) is 7. The average molecular weight is 384 g/mol. The zero-order valence-corrected chi connectivity index (χ0v) is 15.4. The minimum absolute atomic E-state index is 0.110. The van der Waals surface area contributed by atoms with Crippen LogP contribution in [-0.2, 0) is 23.0 Å². The summed E-state index contributed by atoms with van der Waals surface area (Å²) in [5.41, 5.74) is 1.90. The Morgan fingerprint density at radius 3 is 2.44 bits per heavy atom. The van der Waals surface area contributed by atoms with Gasteiger partial charge >= 0.3 is 0 Å². The monoisotopic (exact) mass is 384 g/mol. The van der Waals surface area contributed by atoms with Crippen molar-refractivity contribution in [1.82, 2.24) is 15.0 Å². The third-order valence-electron chi connectivity index (χ3n) is 3.78. The Balaban J connectivity index is 1.51. The summed E-state index contributed by atoms with van der Waals surface area (Å²) in [4.78, 5) is 13.0. The molecule has 2 heterocycles. The molecular formula is C18H20N6O2S. The highest BCUT2D eigenvalue weighted by atomic mass is 32.2. The van der Waals surface area contributed by atoms with Crippen LogP contribution in [0.25, 0.3) is 0 Å². The summed E-state index contributed by atoms with van der Waals surface area (Å²) in [6, 6.07) is 14.0. The molecular weight excluding hydrogens is 364 g/mol. The predicted octanol–water partition coefficient (Wildman–Crippen LogP) is 1.79. The Morgan fingerprint density at radius 1 is 0.926 bits per heavy atom. The number of pyridine rings is 1. The first kappa shape index (κ1) is 18.7. The molecule has 0 atom stereocenters. The fourth-order valence-corrected chi connectivity index (χ4v) is 2.91. The van der Waals surface area contributed by atoms with Crippen LogP contribution in [-0.4, -0.2) is 29.9 Å². The molecule has 0 unspecified atom stereocenters. The van der Waals surface area contributed by atoms with E-state index in [0.29, 0.717) is 31.3 Å². The van der Waals surface area contributed by atoms with Crippen molar-refractivity contribution in [2.75, 3.05) is 17.2 Å². The maximum absolute atomic E-state index is 11.3. The van der Waals surface area contributed by atoms with Crippen molar-refractivity contribution in [2.45, 2.75) is 17.9 Å². The van der Waals surface area contributed by atoms with Gasteiger partial charge in [-0.15, -0.1) is 0 Å². The molecule has 3 rings (SSSR count). The maximum atomic E-state index is 11.3. The van der Waals surface area contributed by atoms with Gasteiger partial charge in [0, 0.05) is 18.9 Å². The quantitative estimate of drug-likeness (QED) is 0.541. The van der Waals surface area contributed by atoms with Gasteiger partial charge in [-0.25, -0.2) is 18.5 Å². The van der Waals surface area contributed by atoms with Gasteiger partial charge in [0.05, 0.1) is 17.1 Å². The molecule has 1 aromatic carbocycles. The molecule has 8 nitrogen and oxygen atoms in total. The van der Waals surface area contributed by atoms with Crippen molar-refractivity contribution in [3.63, 3.8) is 0 Å². The topological polar surface area (TPSA) is 123 Å². The van der Waals surface area contributed by atoms with E-state index in [2.05, 4.69) is 25.6 Å². The smallest absolute Gasteiger partial charge is 0.238 e. The summed E-state index contributed by atoms with van der Waals surface area (Å²) in [5, 5.41) is 11.5. The molecule has 0 fully saturated rings. The number of primary sulfonamides is 1. The van der Waals surface area contributed by atoms with Gasteiger partial charge < -0.3 is 10.6 Å². The van der Waals surface area contributed by atoms with E-state index in [9.17, 15) is 8.42 Å². The van der Waals surface area contributed by atoms with Crippen LogP contribution in [0.5, 0.6) is 0 Å². The van der Waals surface area contributed by atoms with Gasteiger partial charge in [0.2, 0.25) is 16.0 Å². The molecule has 0 aliphatic rings. The Labute approximate surface area is 157 Å². The van der Waals surface area contributed by atoms with Crippen LogP contribution in [0.2, 0.25) is 0 Å². The first-order valence-electron chi connectivity index (χ1n) is 8.33. The molecule has 0 saturated carbocycles. The third-order valence-corrected chi connectivity index (χ3v) is 4.71. The SMILES string of the molecule is NS(=O)(=O)c1ccc(CCNc2ccnc(NCc3ccccn3)n2)cc1. The van der Waals surface area contributed by atoms with E-state index < -0.39 is 10.0 Å². The second-order valence-corrected chi connectivity index (χ2v) is 7.37. The van der Waals surface area contributed by atoms with Gasteiger partial charge in [0.1, 0.15) is 5.82 Å². The molecule has 3 aromatic rings. The van der Waals surface area contributed by atoms with Crippen molar-refractivity contribution < 1.29 is 8.42 Å². The number of sulfonamides is 1. The molecule has 0 amide bonds. The number of rotatable bonds is 8. The molecule has 4 N–H and O–H groups in total. The zero-order chi connectivity index (χ0) is 19.1. The molecule has 0 bridgehead atoms. The number of nitrogens with one attached hydrogen (secondary N) is 2. The summed E-state index contributed by atoms with van der Waals surface area (Å²) in [7, 11) is -3.66. The number of nitrogens with two attached hydrogens (primary N) is 1. The number of hydrogen-bond donors (Lipinski definition) is 3. The van der Waals surface area contributed by atoms with Gasteiger partial charge in [0.15, 0.2) is 0 Å². The number of aromatic nitrogens is 3. The lowest BCUT2D eigenvalue weighted by Crippen LogP contribution is -2.12. The van der Waals surface area contributed by atoms with Crippen LogP contribution in [0.3, 0.4) is 0 Å². The zero-order valence-electron chi connectivity index (χ0n) is 14.5. The van der Waals surface area contributed by atoms with Gasteiger partial charge in [-0.1, -0.05) is 18.2 Å². The summed E-state index contributed by atoms with van der Waals surface area (Å²) in [6.45, 7) is 1.19. The van der Waals surface area contributed by atoms with Crippen LogP contribution in [0.4, 0.5) is 11.8 Å². The van der Waals surface area contributed by atoms with Crippen molar-refractivity contribution in [1.29, 1.82) is 0 Å². The van der Waals surface area contributed by atoms with E-state index in [1.807, 2.05) is 18.2 Å². The lowest BCUT2D eigenvalue weighted by atomic mass is 10.1. The molecule has 0 saturated heterocycles. The predicted molar refractivity (Wildman–Crippen MR) is 104 cm³/mol. The average Bonchev–Trinajstić information content (AvgIpc) is 2.67. The van der Waals surface area contributed by atoms with Crippen molar-refractivity contribution >= 4 is 21.8 Å². The van der Waals surface area contributed by atoms with Crippen LogP contribution in [0.1, 0.15) is 11.3 Å². The highest BCUT2D eigenvalue weighted by Crippen LogP contribution is 2.10. The Bertz CT molecular complexity index is 978. The van der Waals surface area contributed by atoms with E-state index in [1.165, 1.54) is 12.1 Å². The lowest BCUT2D eigenvalue weighted by Gasteiger charge is -2.08. The molecule has 0 aliphatic heterocycles. The molecule has 0 aliphatic carbocycles. The summed E-state index contributed by atoms with van der Waals surface area (Å²) in [5.74, 6) is 1.22. The highest BCUT2D eigenvalue weighted by Gasteiger charge is 2.06. The normalized spacial score (nSPS) is 11.1. The third kappa shape index (κ3) is 5.73. The Kier molecular flexibility index (Phi) is 5.94. The van der Waals surface area contributed by atoms with Crippen molar-refractivity contribution in [3.8, 4) is 0 Å². The van der Waals surface area contributed by atoms with Crippen LogP contribution < -0.4 is 15.8 Å². The molecule has 9 heteroatoms. The maximum Gasteiger partial charge on any atom is 0.238 e. The number of nitrogens with zero attached hydrogens (tertiary/aromatic N) is 3. The largest absolute Gasteiger partial charge is 0.370 e. The minimum atomic E-state index is -3.66. The van der Waals surface area contributed by atoms with Gasteiger partial charge in [-0.05, 0) is 42.3 Å². The molecule has 0 spiro atoms. The first-order chi connectivity index (χ1) is 13.0. The van der Waals surface area contributed by atoms with Crippen LogP contribution in [0, 0.1) is 0 Å². The molecule has 140 valence electrons. The van der Waals surface area contributed by atoms with Crippen LogP contribution >= 0.6 is 0 Å². The van der Waals surface area contributed by atoms with E-state index in [0.717, 1.165) is 11.3 Å². The van der Waals surface area contributed by atoms with E-state index in [1.54, 1.807) is 30.6 Å². The second-order valence-electron chi connectivity index (χ2n) is 5.81. The fraction of sp³-hybridized carbons (Fsp3) is 0.167. The highest BCUT2D eigenvalue weighted by molar-refractivity contribution is 7.89. The minimum Gasteiger partial charge on any atom is -0.370 e. The molecule has 27 heavy (non-hydrogen) atoms. The summed E-state index contributed by atoms with van der Waals surface area (Å²) < 4.78 is 22.5. The van der Waals surface area contributed by atoms with Crippen LogP contribution in [0.15, 0.2) is 65.8 Å². The van der Waals surface area contributed by atoms with Gasteiger partial charge in [0.25, 0.3) is 0 Å². The standard InChI is InChI=1S/C18H20N6O2S/c19-27(25,26)16-6-4-14(5-7-16)8-11-21-17-9-12-22-18(24-17)23-13-15-3-1-2-10-20-15/h1-7,9-10,12H,8,11,13H2,(H2,19,25,26)(H2,21,22,23,24). The fourth-order valence-electron chi connectivity index (χ4n) is 2.40. The molecule has 2 aromatic heterocycles. The van der Waals surface area contributed by atoms with Crippen molar-refractivity contribution in [2.24, 2.45) is 5.14 Å². The number of benzene rings is 1. The molecule has 0 radical (unpaired) electrons. The summed E-state index contributed by atoms with van der Waals surface area (Å²) >= 11 is 0. The summed E-state index contributed by atoms with van der Waals surface area (Å²) in [6.07, 6.45) is 4.13. The number of anilines is 2. The van der Waals surface area contributed by atoms with Crippen molar-refractivity contribution in [3.05, 3.63) is 72.2 Å². The Hall–Kier alpha value is -3.04. The van der Waals surface area contributed by atoms with E-state index in [4.69, 9.17) is 5.14 Å².